The van der Waals surface area contributed by atoms with Gasteiger partial charge in [0.2, 0.25) is 0 Å². The maximum atomic E-state index is 12.2. The first-order chi connectivity index (χ1) is 10.2. The van der Waals surface area contributed by atoms with Crippen LogP contribution in [0.4, 0.5) is 5.69 Å². The molecule has 2 aliphatic heterocycles. The van der Waals surface area contributed by atoms with Gasteiger partial charge in [0.25, 0.3) is 0 Å². The van der Waals surface area contributed by atoms with Gasteiger partial charge in [-0.2, -0.15) is 0 Å². The van der Waals surface area contributed by atoms with Gasteiger partial charge in [0.1, 0.15) is 6.10 Å². The van der Waals surface area contributed by atoms with Crippen molar-refractivity contribution in [3.63, 3.8) is 0 Å². The van der Waals surface area contributed by atoms with Crippen LogP contribution in [0.2, 0.25) is 0 Å². The van der Waals surface area contributed by atoms with Gasteiger partial charge >= 0.3 is 5.97 Å². The zero-order valence-corrected chi connectivity index (χ0v) is 12.0. The summed E-state index contributed by atoms with van der Waals surface area (Å²) in [5, 5.41) is 5.91. The Hall–Kier alpha value is -2.29. The second-order valence-corrected chi connectivity index (χ2v) is 5.85. The average Bonchev–Trinajstić information content (AvgIpc) is 2.67. The van der Waals surface area contributed by atoms with Crippen LogP contribution in [0.3, 0.4) is 0 Å². The van der Waals surface area contributed by atoms with Crippen molar-refractivity contribution in [1.82, 2.24) is 0 Å². The molecule has 0 saturated heterocycles. The molecule has 3 heteroatoms. The van der Waals surface area contributed by atoms with Crippen LogP contribution in [0.5, 0.6) is 0 Å². The van der Waals surface area contributed by atoms with Crippen molar-refractivity contribution in [2.45, 2.75) is 25.9 Å². The van der Waals surface area contributed by atoms with Crippen molar-refractivity contribution >= 4 is 22.4 Å². The molecular weight excluding hydrogens is 262 g/mol. The molecule has 1 N–H and O–H groups in total. The number of nitrogens with one attached hydrogen (secondary N) is 1. The van der Waals surface area contributed by atoms with E-state index in [1.165, 1.54) is 21.9 Å². The van der Waals surface area contributed by atoms with Crippen LogP contribution in [0, 0.1) is 0 Å². The van der Waals surface area contributed by atoms with Gasteiger partial charge in [-0.1, -0.05) is 30.3 Å². The third-order valence-corrected chi connectivity index (χ3v) is 4.40. The van der Waals surface area contributed by atoms with Crippen molar-refractivity contribution in [3.8, 4) is 0 Å². The number of carbonyl (C=O) groups is 1. The summed E-state index contributed by atoms with van der Waals surface area (Å²) in [6, 6.07) is 12.6. The molecule has 0 aromatic heterocycles. The van der Waals surface area contributed by atoms with Crippen molar-refractivity contribution in [3.05, 3.63) is 53.1 Å². The van der Waals surface area contributed by atoms with Crippen LogP contribution >= 0.6 is 0 Å². The Morgan fingerprint density at radius 2 is 2.05 bits per heavy atom. The molecule has 106 valence electrons. The van der Waals surface area contributed by atoms with Crippen LogP contribution in [0.15, 0.2) is 47.5 Å². The van der Waals surface area contributed by atoms with E-state index >= 15 is 0 Å². The molecule has 1 unspecified atom stereocenters. The largest absolute Gasteiger partial charge is 0.459 e. The van der Waals surface area contributed by atoms with Gasteiger partial charge in [-0.25, -0.2) is 4.79 Å². The normalized spacial score (nSPS) is 21.2. The highest BCUT2D eigenvalue weighted by molar-refractivity contribution is 5.96. The van der Waals surface area contributed by atoms with Gasteiger partial charge in [0.15, 0.2) is 0 Å². The summed E-state index contributed by atoms with van der Waals surface area (Å²) in [4.78, 5) is 12.2. The Morgan fingerprint density at radius 3 is 2.95 bits per heavy atom. The fourth-order valence-electron chi connectivity index (χ4n) is 3.36. The Kier molecular flexibility index (Phi) is 2.74. The first kappa shape index (κ1) is 12.5. The molecule has 2 aromatic carbocycles. The smallest absolute Gasteiger partial charge is 0.334 e. The molecular formula is C18H17NO2. The number of hydrogen-bond acceptors (Lipinski definition) is 3. The zero-order valence-electron chi connectivity index (χ0n) is 12.0. The summed E-state index contributed by atoms with van der Waals surface area (Å²) < 4.78 is 5.41. The number of hydrogen-bond donors (Lipinski definition) is 1. The Labute approximate surface area is 123 Å². The highest BCUT2D eigenvalue weighted by Crippen LogP contribution is 2.34. The fourth-order valence-corrected chi connectivity index (χ4v) is 3.36. The number of anilines is 1. The standard InChI is InChI=1S/C18H17NO2/c1-11-8-13-10-19-17-7-6-12-4-2-3-5-14(12)16(17)9-15(13)18(20)21-11/h2-7,11,19H,8-10H2,1H3. The Bertz CT molecular complexity index is 776. The highest BCUT2D eigenvalue weighted by Gasteiger charge is 2.29. The third kappa shape index (κ3) is 2.00. The molecule has 0 bridgehead atoms. The predicted molar refractivity (Wildman–Crippen MR) is 83.3 cm³/mol. The minimum absolute atomic E-state index is 0.0176. The first-order valence-electron chi connectivity index (χ1n) is 7.39. The first-order valence-corrected chi connectivity index (χ1v) is 7.39. The SMILES string of the molecule is CC1CC2=C(Cc3c(ccc4ccccc34)NC2)C(=O)O1. The van der Waals surface area contributed by atoms with E-state index in [4.69, 9.17) is 4.74 Å². The average molecular weight is 279 g/mol. The lowest BCUT2D eigenvalue weighted by atomic mass is 9.93. The predicted octanol–water partition coefficient (Wildman–Crippen LogP) is 3.44. The summed E-state index contributed by atoms with van der Waals surface area (Å²) in [5.74, 6) is -0.147. The minimum atomic E-state index is -0.147. The summed E-state index contributed by atoms with van der Waals surface area (Å²) in [6.45, 7) is 2.69. The van der Waals surface area contributed by atoms with E-state index in [1.807, 2.05) is 19.1 Å². The van der Waals surface area contributed by atoms with Gasteiger partial charge in [-0.05, 0) is 34.9 Å². The number of benzene rings is 2. The van der Waals surface area contributed by atoms with Gasteiger partial charge in [0, 0.05) is 30.6 Å². The quantitative estimate of drug-likeness (QED) is 0.751. The maximum absolute atomic E-state index is 12.2. The van der Waals surface area contributed by atoms with Crippen molar-refractivity contribution < 1.29 is 9.53 Å². The molecule has 2 aliphatic rings. The van der Waals surface area contributed by atoms with Gasteiger partial charge in [-0.3, -0.25) is 0 Å². The van der Waals surface area contributed by atoms with Crippen LogP contribution < -0.4 is 5.32 Å². The number of ether oxygens (including phenoxy) is 1. The number of fused-ring (bicyclic) bond motifs is 3. The summed E-state index contributed by atoms with van der Waals surface area (Å²) in [7, 11) is 0. The number of carbonyl (C=O) groups excluding carboxylic acids is 1. The van der Waals surface area contributed by atoms with E-state index in [-0.39, 0.29) is 12.1 Å². The molecule has 0 radical (unpaired) electrons. The van der Waals surface area contributed by atoms with Gasteiger partial charge in [0.05, 0.1) is 0 Å². The Balaban J connectivity index is 1.88. The summed E-state index contributed by atoms with van der Waals surface area (Å²) in [6.07, 6.45) is 1.47. The molecule has 0 amide bonds. The van der Waals surface area contributed by atoms with E-state index in [1.54, 1.807) is 0 Å². The van der Waals surface area contributed by atoms with E-state index in [0.717, 1.165) is 24.2 Å². The minimum Gasteiger partial charge on any atom is -0.459 e. The van der Waals surface area contributed by atoms with Gasteiger partial charge in [-0.15, -0.1) is 0 Å². The molecule has 21 heavy (non-hydrogen) atoms. The second kappa shape index (κ2) is 4.62. The molecule has 3 nitrogen and oxygen atoms in total. The van der Waals surface area contributed by atoms with Crippen LogP contribution in [0.25, 0.3) is 10.8 Å². The fraction of sp³-hybridized carbons (Fsp3) is 0.278. The lowest BCUT2D eigenvalue weighted by Gasteiger charge is -2.23. The van der Waals surface area contributed by atoms with Gasteiger partial charge < -0.3 is 10.1 Å². The molecule has 0 spiro atoms. The highest BCUT2D eigenvalue weighted by atomic mass is 16.5. The van der Waals surface area contributed by atoms with Crippen LogP contribution in [0.1, 0.15) is 18.9 Å². The monoisotopic (exact) mass is 279 g/mol. The molecule has 1 atom stereocenters. The molecule has 4 rings (SSSR count). The third-order valence-electron chi connectivity index (χ3n) is 4.40. The van der Waals surface area contributed by atoms with Crippen molar-refractivity contribution in [2.75, 3.05) is 11.9 Å². The molecule has 2 heterocycles. The lowest BCUT2D eigenvalue weighted by molar-refractivity contribution is -0.145. The lowest BCUT2D eigenvalue weighted by Crippen LogP contribution is -2.26. The molecule has 0 saturated carbocycles. The molecule has 0 fully saturated rings. The van der Waals surface area contributed by atoms with Crippen LogP contribution in [-0.4, -0.2) is 18.6 Å². The van der Waals surface area contributed by atoms with Crippen LogP contribution in [-0.2, 0) is 16.0 Å². The number of rotatable bonds is 0. The Morgan fingerprint density at radius 1 is 1.19 bits per heavy atom. The topological polar surface area (TPSA) is 38.3 Å². The number of esters is 1. The molecule has 0 aliphatic carbocycles. The van der Waals surface area contributed by atoms with Crippen molar-refractivity contribution in [2.24, 2.45) is 0 Å². The maximum Gasteiger partial charge on any atom is 0.334 e. The van der Waals surface area contributed by atoms with E-state index in [9.17, 15) is 4.79 Å². The van der Waals surface area contributed by atoms with E-state index < -0.39 is 0 Å². The summed E-state index contributed by atoms with van der Waals surface area (Å²) >= 11 is 0. The van der Waals surface area contributed by atoms with E-state index in [0.29, 0.717) is 6.42 Å². The second-order valence-electron chi connectivity index (χ2n) is 5.85. The number of cyclic esters (lactones) is 1. The molecule has 2 aromatic rings. The van der Waals surface area contributed by atoms with Crippen molar-refractivity contribution in [1.29, 1.82) is 0 Å². The zero-order chi connectivity index (χ0) is 14.4. The summed E-state index contributed by atoms with van der Waals surface area (Å²) in [5.41, 5.74) is 4.36. The van der Waals surface area contributed by atoms with E-state index in [2.05, 4.69) is 29.6 Å².